The molecule has 7 heteroatoms. The van der Waals surface area contributed by atoms with Crippen LogP contribution >= 0.6 is 0 Å². The summed E-state index contributed by atoms with van der Waals surface area (Å²) in [4.78, 5) is 24.1. The van der Waals surface area contributed by atoms with Crippen molar-refractivity contribution in [3.05, 3.63) is 96.2 Å². The summed E-state index contributed by atoms with van der Waals surface area (Å²) in [7, 11) is 0. The Hall–Kier alpha value is -4.26. The minimum atomic E-state index is -0.577. The Morgan fingerprint density at radius 1 is 0.900 bits per heavy atom. The van der Waals surface area contributed by atoms with Crippen LogP contribution in [-0.4, -0.2) is 11.8 Å². The number of hydrogen-bond acceptors (Lipinski definition) is 5. The zero-order valence-corrected chi connectivity index (χ0v) is 15.8. The van der Waals surface area contributed by atoms with E-state index in [2.05, 4.69) is 10.9 Å². The number of ether oxygens (including phenoxy) is 1. The molecule has 2 amide bonds. The van der Waals surface area contributed by atoms with Gasteiger partial charge in [-0.15, -0.1) is 0 Å². The molecule has 0 bridgehead atoms. The topological polar surface area (TPSA) is 93.7 Å². The lowest BCUT2D eigenvalue weighted by atomic mass is 10.2. The Morgan fingerprint density at radius 3 is 2.53 bits per heavy atom. The Bertz CT molecular complexity index is 1160. The van der Waals surface area contributed by atoms with Crippen molar-refractivity contribution in [2.75, 3.05) is 0 Å². The van der Waals surface area contributed by atoms with E-state index in [0.717, 1.165) is 11.0 Å². The van der Waals surface area contributed by atoms with Crippen LogP contribution in [0.15, 0.2) is 87.7 Å². The Labute approximate surface area is 171 Å². The Morgan fingerprint density at radius 2 is 1.70 bits per heavy atom. The maximum Gasteiger partial charge on any atom is 0.305 e. The zero-order valence-electron chi connectivity index (χ0n) is 15.8. The summed E-state index contributed by atoms with van der Waals surface area (Å²) in [6.07, 6.45) is 2.78. The summed E-state index contributed by atoms with van der Waals surface area (Å²) in [5, 5.41) is 0.940. The number of hydrogen-bond donors (Lipinski definition) is 2. The molecule has 0 atom stereocenters. The van der Waals surface area contributed by atoms with E-state index in [4.69, 9.17) is 13.6 Å². The van der Waals surface area contributed by atoms with Gasteiger partial charge in [-0.25, -0.2) is 0 Å². The monoisotopic (exact) mass is 402 g/mol. The van der Waals surface area contributed by atoms with E-state index in [1.165, 1.54) is 18.2 Å². The molecule has 0 aliphatic rings. The van der Waals surface area contributed by atoms with Gasteiger partial charge in [-0.1, -0.05) is 36.4 Å². The van der Waals surface area contributed by atoms with Crippen LogP contribution in [0.25, 0.3) is 17.0 Å². The van der Waals surface area contributed by atoms with Gasteiger partial charge >= 0.3 is 5.91 Å². The first-order valence-corrected chi connectivity index (χ1v) is 9.21. The maximum absolute atomic E-state index is 12.1. The van der Waals surface area contributed by atoms with Crippen molar-refractivity contribution in [1.29, 1.82) is 0 Å². The zero-order chi connectivity index (χ0) is 20.8. The molecule has 2 N–H and O–H groups in total. The van der Waals surface area contributed by atoms with E-state index >= 15 is 0 Å². The standard InChI is InChI=1S/C23H18N2O5/c26-22(13-11-18-14-16-6-4-5-9-20(16)29-18)24-25-23(27)21-12-10-19(30-21)15-28-17-7-2-1-3-8-17/h1-14H,15H2,(H,24,26)(H,25,27)/b13-11+. The lowest BCUT2D eigenvalue weighted by molar-refractivity contribution is -0.117. The number of carbonyl (C=O) groups excluding carboxylic acids is 2. The lowest BCUT2D eigenvalue weighted by Crippen LogP contribution is -2.40. The largest absolute Gasteiger partial charge is 0.486 e. The van der Waals surface area contributed by atoms with Gasteiger partial charge in [-0.3, -0.25) is 20.4 Å². The molecule has 2 aromatic heterocycles. The predicted molar refractivity (Wildman–Crippen MR) is 110 cm³/mol. The maximum atomic E-state index is 12.1. The first kappa shape index (κ1) is 19.1. The second-order valence-corrected chi connectivity index (χ2v) is 6.33. The molecule has 0 aliphatic heterocycles. The fourth-order valence-electron chi connectivity index (χ4n) is 2.71. The van der Waals surface area contributed by atoms with Crippen molar-refractivity contribution in [1.82, 2.24) is 10.9 Å². The van der Waals surface area contributed by atoms with Crippen LogP contribution < -0.4 is 15.6 Å². The Balaban J connectivity index is 1.26. The minimum absolute atomic E-state index is 0.0585. The Kier molecular flexibility index (Phi) is 5.61. The van der Waals surface area contributed by atoms with Gasteiger partial charge in [0.25, 0.3) is 5.91 Å². The first-order chi connectivity index (χ1) is 14.7. The van der Waals surface area contributed by atoms with Gasteiger partial charge in [0, 0.05) is 11.5 Å². The highest BCUT2D eigenvalue weighted by atomic mass is 16.5. The fourth-order valence-corrected chi connectivity index (χ4v) is 2.71. The van der Waals surface area contributed by atoms with Gasteiger partial charge in [0.15, 0.2) is 5.76 Å². The highest BCUT2D eigenvalue weighted by Gasteiger charge is 2.12. The molecular formula is C23H18N2O5. The molecule has 0 saturated heterocycles. The molecule has 4 rings (SSSR count). The molecule has 0 spiro atoms. The lowest BCUT2D eigenvalue weighted by Gasteiger charge is -2.04. The number of hydrazine groups is 1. The molecule has 30 heavy (non-hydrogen) atoms. The number of fused-ring (bicyclic) bond motifs is 1. The highest BCUT2D eigenvalue weighted by molar-refractivity contribution is 5.96. The summed E-state index contributed by atoms with van der Waals surface area (Å²) < 4.78 is 16.6. The summed E-state index contributed by atoms with van der Waals surface area (Å²) >= 11 is 0. The van der Waals surface area contributed by atoms with E-state index in [1.807, 2.05) is 60.7 Å². The van der Waals surface area contributed by atoms with Crippen LogP contribution in [0.5, 0.6) is 5.75 Å². The van der Waals surface area contributed by atoms with E-state index < -0.39 is 11.8 Å². The molecule has 0 fully saturated rings. The first-order valence-electron chi connectivity index (χ1n) is 9.21. The molecule has 150 valence electrons. The number of rotatable bonds is 6. The van der Waals surface area contributed by atoms with Crippen molar-refractivity contribution in [2.24, 2.45) is 0 Å². The third-order valence-corrected chi connectivity index (χ3v) is 4.15. The van der Waals surface area contributed by atoms with Crippen molar-refractivity contribution in [2.45, 2.75) is 6.61 Å². The molecule has 0 unspecified atom stereocenters. The molecular weight excluding hydrogens is 384 g/mol. The second-order valence-electron chi connectivity index (χ2n) is 6.33. The normalized spacial score (nSPS) is 10.9. The van der Waals surface area contributed by atoms with Gasteiger partial charge in [0.1, 0.15) is 29.5 Å². The number of benzene rings is 2. The van der Waals surface area contributed by atoms with Gasteiger partial charge in [-0.05, 0) is 42.5 Å². The van der Waals surface area contributed by atoms with Crippen molar-refractivity contribution in [3.8, 4) is 5.75 Å². The summed E-state index contributed by atoms with van der Waals surface area (Å²) in [6.45, 7) is 0.184. The van der Waals surface area contributed by atoms with Crippen LogP contribution in [-0.2, 0) is 11.4 Å². The fraction of sp³-hybridized carbons (Fsp3) is 0.0435. The van der Waals surface area contributed by atoms with Crippen LogP contribution in [0.4, 0.5) is 0 Å². The molecule has 7 nitrogen and oxygen atoms in total. The highest BCUT2D eigenvalue weighted by Crippen LogP contribution is 2.19. The van der Waals surface area contributed by atoms with E-state index in [1.54, 1.807) is 6.07 Å². The molecule has 2 heterocycles. The van der Waals surface area contributed by atoms with Gasteiger partial charge in [-0.2, -0.15) is 0 Å². The van der Waals surface area contributed by atoms with Gasteiger partial charge in [0.2, 0.25) is 0 Å². The minimum Gasteiger partial charge on any atom is -0.486 e. The summed E-state index contributed by atoms with van der Waals surface area (Å²) in [6, 6.07) is 21.8. The number of nitrogens with one attached hydrogen (secondary N) is 2. The van der Waals surface area contributed by atoms with Crippen molar-refractivity contribution >= 4 is 28.9 Å². The van der Waals surface area contributed by atoms with Crippen LogP contribution in [0.2, 0.25) is 0 Å². The van der Waals surface area contributed by atoms with E-state index in [-0.39, 0.29) is 12.4 Å². The number of amides is 2. The number of para-hydroxylation sites is 2. The molecule has 0 aliphatic carbocycles. The van der Waals surface area contributed by atoms with E-state index in [9.17, 15) is 9.59 Å². The summed E-state index contributed by atoms with van der Waals surface area (Å²) in [5.74, 6) is 0.688. The molecule has 0 saturated carbocycles. The quantitative estimate of drug-likeness (QED) is 0.374. The average Bonchev–Trinajstić information content (AvgIpc) is 3.42. The third-order valence-electron chi connectivity index (χ3n) is 4.15. The average molecular weight is 402 g/mol. The van der Waals surface area contributed by atoms with Gasteiger partial charge in [0.05, 0.1) is 0 Å². The third kappa shape index (κ3) is 4.77. The van der Waals surface area contributed by atoms with Crippen LogP contribution in [0.1, 0.15) is 22.1 Å². The molecule has 2 aromatic carbocycles. The molecule has 4 aromatic rings. The predicted octanol–water partition coefficient (Wildman–Crippen LogP) is 4.08. The van der Waals surface area contributed by atoms with Crippen molar-refractivity contribution < 1.29 is 23.2 Å². The second kappa shape index (κ2) is 8.83. The van der Waals surface area contributed by atoms with Crippen molar-refractivity contribution in [3.63, 3.8) is 0 Å². The van der Waals surface area contributed by atoms with Crippen LogP contribution in [0, 0.1) is 0 Å². The number of carbonyl (C=O) groups is 2. The SMILES string of the molecule is O=C(/C=C/c1cc2ccccc2o1)NNC(=O)c1ccc(COc2ccccc2)o1. The van der Waals surface area contributed by atoms with E-state index in [0.29, 0.717) is 17.3 Å². The van der Waals surface area contributed by atoms with Gasteiger partial charge < -0.3 is 13.6 Å². The summed E-state index contributed by atoms with van der Waals surface area (Å²) in [5.41, 5.74) is 5.32. The number of furan rings is 2. The van der Waals surface area contributed by atoms with Crippen LogP contribution in [0.3, 0.4) is 0 Å². The molecule has 0 radical (unpaired) electrons. The smallest absolute Gasteiger partial charge is 0.305 e.